The lowest BCUT2D eigenvalue weighted by Gasteiger charge is -2.35. The first-order valence-electron chi connectivity index (χ1n) is 12.7. The first kappa shape index (κ1) is 26.0. The fraction of sp³-hybridized carbons (Fsp3) is 0.367. The van der Waals surface area contributed by atoms with Crippen molar-refractivity contribution < 1.29 is 16.1 Å². The van der Waals surface area contributed by atoms with Crippen molar-refractivity contribution >= 4 is 11.6 Å². The highest BCUT2D eigenvalue weighted by molar-refractivity contribution is 5.93. The number of hydrogen-bond donors (Lipinski definition) is 2. The zero-order valence-electron chi connectivity index (χ0n) is 21.3. The molecular weight excluding hydrogens is 450 g/mol. The summed E-state index contributed by atoms with van der Waals surface area (Å²) in [5, 5.41) is 13.5. The van der Waals surface area contributed by atoms with Gasteiger partial charge >= 0.3 is 0 Å². The first-order valence-corrected chi connectivity index (χ1v) is 12.7. The lowest BCUT2D eigenvalue weighted by Crippen LogP contribution is -2.50. The zero-order valence-corrected chi connectivity index (χ0v) is 21.3. The molecule has 1 saturated heterocycles. The predicted octanol–water partition coefficient (Wildman–Crippen LogP) is 4.35. The number of nitrogens with one attached hydrogen (secondary N) is 1. The molecule has 1 aliphatic rings. The number of benzene rings is 3. The van der Waals surface area contributed by atoms with Crippen LogP contribution in [0.2, 0.25) is 0 Å². The van der Waals surface area contributed by atoms with E-state index in [-0.39, 0.29) is 7.33 Å². The van der Waals surface area contributed by atoms with Gasteiger partial charge in [-0.3, -0.25) is 14.6 Å². The number of nitrogens with zero attached hydrogens (tertiary/aromatic N) is 2. The van der Waals surface area contributed by atoms with Gasteiger partial charge in [-0.05, 0) is 41.7 Å². The number of carbonyl (C=O) groups is 1. The van der Waals surface area contributed by atoms with Crippen molar-refractivity contribution in [3.05, 3.63) is 89.5 Å². The number of para-hydroxylation sites is 1. The van der Waals surface area contributed by atoms with Crippen LogP contribution in [0.1, 0.15) is 18.1 Å². The third kappa shape index (κ3) is 7.48. The summed E-state index contributed by atoms with van der Waals surface area (Å²) in [5.74, 6) is 0.0195. The van der Waals surface area contributed by atoms with Crippen molar-refractivity contribution in [2.45, 2.75) is 26.6 Å². The number of aliphatic hydroxyl groups is 1. The number of aliphatic hydroxyl groups excluding tert-OH is 1. The Hall–Kier alpha value is -3.03. The number of piperazine rings is 1. The first-order chi connectivity index (χ1) is 17.5. The van der Waals surface area contributed by atoms with E-state index in [1.165, 1.54) is 11.1 Å². The molecule has 2 N–H and O–H groups in total. The summed E-state index contributed by atoms with van der Waals surface area (Å²) in [6.45, 7) is 9.04. The van der Waals surface area contributed by atoms with E-state index in [4.69, 9.17) is 4.74 Å². The monoisotopic (exact) mass is 489 g/mol. The lowest BCUT2D eigenvalue weighted by molar-refractivity contribution is -0.117. The molecule has 1 unspecified atom stereocenters. The van der Waals surface area contributed by atoms with Gasteiger partial charge in [-0.2, -0.15) is 0 Å². The van der Waals surface area contributed by atoms with Crippen molar-refractivity contribution in [2.75, 3.05) is 51.2 Å². The van der Waals surface area contributed by atoms with Crippen LogP contribution in [0.3, 0.4) is 0 Å². The summed E-state index contributed by atoms with van der Waals surface area (Å²) in [7, 11) is 0. The van der Waals surface area contributed by atoms with E-state index in [1.54, 1.807) is 0 Å². The molecule has 0 aromatic heterocycles. The van der Waals surface area contributed by atoms with Gasteiger partial charge in [0.15, 0.2) is 0 Å². The topological polar surface area (TPSA) is 65.0 Å². The molecule has 1 amide bonds. The molecule has 0 saturated carbocycles. The molecule has 0 bridgehead atoms. The summed E-state index contributed by atoms with van der Waals surface area (Å²) in [5.41, 5.74) is 6.54. The van der Waals surface area contributed by atoms with Gasteiger partial charge in [-0.15, -0.1) is 0 Å². The molecule has 3 aromatic rings. The fourth-order valence-corrected chi connectivity index (χ4v) is 4.61. The second-order valence-electron chi connectivity index (χ2n) is 9.62. The fourth-order valence-electron chi connectivity index (χ4n) is 4.61. The summed E-state index contributed by atoms with van der Waals surface area (Å²) >= 11 is 0. The SMILES string of the molecule is Cc1cccc(C)c1NC(=O)CN1CCN(CC(O)COCc2ccc(-c3ccccc3)cc2)CC1.[HH]. The Labute approximate surface area is 216 Å². The van der Waals surface area contributed by atoms with Crippen molar-refractivity contribution in [1.82, 2.24) is 9.80 Å². The number of anilines is 1. The Morgan fingerprint density at radius 1 is 0.889 bits per heavy atom. The number of aryl methyl sites for hydroxylation is 2. The van der Waals surface area contributed by atoms with Gasteiger partial charge in [0.2, 0.25) is 5.91 Å². The summed E-state index contributed by atoms with van der Waals surface area (Å²) in [6, 6.07) is 24.7. The van der Waals surface area contributed by atoms with Gasteiger partial charge in [-0.1, -0.05) is 72.8 Å². The van der Waals surface area contributed by atoms with Gasteiger partial charge in [0, 0.05) is 39.8 Å². The molecular formula is C30H39N3O3. The van der Waals surface area contributed by atoms with E-state index >= 15 is 0 Å². The number of amides is 1. The van der Waals surface area contributed by atoms with Crippen LogP contribution in [-0.4, -0.2) is 72.8 Å². The van der Waals surface area contributed by atoms with Crippen LogP contribution in [0.5, 0.6) is 0 Å². The Balaban J connectivity index is 0.00000380. The third-order valence-corrected chi connectivity index (χ3v) is 6.69. The van der Waals surface area contributed by atoms with Crippen LogP contribution in [0.15, 0.2) is 72.8 Å². The van der Waals surface area contributed by atoms with E-state index in [1.807, 2.05) is 50.2 Å². The van der Waals surface area contributed by atoms with Crippen LogP contribution in [-0.2, 0) is 16.1 Å². The number of hydrogen-bond acceptors (Lipinski definition) is 5. The smallest absolute Gasteiger partial charge is 0.238 e. The lowest BCUT2D eigenvalue weighted by atomic mass is 10.0. The Morgan fingerprint density at radius 3 is 2.17 bits per heavy atom. The molecule has 36 heavy (non-hydrogen) atoms. The highest BCUT2D eigenvalue weighted by atomic mass is 16.5. The molecule has 1 aliphatic heterocycles. The largest absolute Gasteiger partial charge is 0.389 e. The highest BCUT2D eigenvalue weighted by Crippen LogP contribution is 2.20. The van der Waals surface area contributed by atoms with Gasteiger partial charge in [0.05, 0.1) is 25.9 Å². The van der Waals surface area contributed by atoms with Gasteiger partial charge in [0.1, 0.15) is 0 Å². The van der Waals surface area contributed by atoms with Crippen LogP contribution in [0.4, 0.5) is 5.69 Å². The molecule has 192 valence electrons. The minimum absolute atomic E-state index is 0. The number of rotatable bonds is 10. The van der Waals surface area contributed by atoms with Crippen LogP contribution >= 0.6 is 0 Å². The van der Waals surface area contributed by atoms with Crippen LogP contribution < -0.4 is 5.32 Å². The minimum atomic E-state index is -0.535. The van der Waals surface area contributed by atoms with E-state index in [0.29, 0.717) is 26.3 Å². The molecule has 6 heteroatoms. The standard InChI is InChI=1S/C30H37N3O3.H2/c1-23-7-6-8-24(2)30(23)31-29(35)20-33-17-15-32(16-18-33)19-28(34)22-36-21-25-11-13-27(14-12-25)26-9-4-3-5-10-26;/h3-14,28,34H,15-22H2,1-2H3,(H,31,35);1H. The maximum atomic E-state index is 12.5. The van der Waals surface area contributed by atoms with Crippen LogP contribution in [0.25, 0.3) is 11.1 Å². The van der Waals surface area contributed by atoms with Crippen molar-refractivity contribution in [3.8, 4) is 11.1 Å². The molecule has 1 heterocycles. The summed E-state index contributed by atoms with van der Waals surface area (Å²) in [6.07, 6.45) is -0.535. The molecule has 1 fully saturated rings. The quantitative estimate of drug-likeness (QED) is 0.443. The summed E-state index contributed by atoms with van der Waals surface area (Å²) < 4.78 is 5.78. The van der Waals surface area contributed by atoms with E-state index < -0.39 is 6.10 Å². The average molecular weight is 490 g/mol. The van der Waals surface area contributed by atoms with Crippen LogP contribution in [0, 0.1) is 13.8 Å². The van der Waals surface area contributed by atoms with Gasteiger partial charge in [0.25, 0.3) is 0 Å². The summed E-state index contributed by atoms with van der Waals surface area (Å²) in [4.78, 5) is 17.0. The van der Waals surface area contributed by atoms with E-state index in [0.717, 1.165) is 48.6 Å². The maximum Gasteiger partial charge on any atom is 0.238 e. The van der Waals surface area contributed by atoms with Crippen molar-refractivity contribution in [1.29, 1.82) is 0 Å². The predicted molar refractivity (Wildman–Crippen MR) is 147 cm³/mol. The van der Waals surface area contributed by atoms with Crippen molar-refractivity contribution in [2.24, 2.45) is 0 Å². The molecule has 4 rings (SSSR count). The molecule has 6 nitrogen and oxygen atoms in total. The van der Waals surface area contributed by atoms with Crippen molar-refractivity contribution in [3.63, 3.8) is 0 Å². The second kappa shape index (κ2) is 12.8. The second-order valence-corrected chi connectivity index (χ2v) is 9.62. The molecule has 1 atom stereocenters. The molecule has 0 radical (unpaired) electrons. The number of ether oxygens (including phenoxy) is 1. The number of carbonyl (C=O) groups excluding carboxylic acids is 1. The normalized spacial score (nSPS) is 15.5. The maximum absolute atomic E-state index is 12.5. The minimum Gasteiger partial charge on any atom is -0.389 e. The highest BCUT2D eigenvalue weighted by Gasteiger charge is 2.21. The molecule has 3 aromatic carbocycles. The van der Waals surface area contributed by atoms with Gasteiger partial charge < -0.3 is 15.2 Å². The van der Waals surface area contributed by atoms with E-state index in [2.05, 4.69) is 51.5 Å². The molecule has 0 aliphatic carbocycles. The van der Waals surface area contributed by atoms with Gasteiger partial charge in [-0.25, -0.2) is 0 Å². The Kier molecular flexibility index (Phi) is 9.25. The number of β-amino-alcohol motifs (C(OH)–C–C–N with tert-alkyl or cyclic N) is 1. The molecule has 0 spiro atoms. The zero-order chi connectivity index (χ0) is 25.3. The Morgan fingerprint density at radius 2 is 1.50 bits per heavy atom. The third-order valence-electron chi connectivity index (χ3n) is 6.69. The van der Waals surface area contributed by atoms with E-state index in [9.17, 15) is 9.90 Å². The Bertz CT molecular complexity index is 1100. The average Bonchev–Trinajstić information content (AvgIpc) is 2.88.